The Bertz CT molecular complexity index is 701. The Kier molecular flexibility index (Phi) is 2.86. The van der Waals surface area contributed by atoms with E-state index in [4.69, 9.17) is 5.73 Å². The molecule has 2 aromatic carbocycles. The number of aryl methyl sites for hydroxylation is 1. The minimum Gasteiger partial charge on any atom is -0.325 e. The largest absolute Gasteiger partial charge is 0.325 e. The molecule has 0 radical (unpaired) electrons. The average molecular weight is 254 g/mol. The average Bonchev–Trinajstić information content (AvgIpc) is 2.87. The Hall–Kier alpha value is -1.71. The van der Waals surface area contributed by atoms with E-state index >= 15 is 0 Å². The van der Waals surface area contributed by atoms with Crippen LogP contribution in [-0.4, -0.2) is 4.98 Å². The summed E-state index contributed by atoms with van der Waals surface area (Å²) in [6, 6.07) is 13.0. The number of aromatic nitrogens is 1. The lowest BCUT2D eigenvalue weighted by Gasteiger charge is -2.02. The lowest BCUT2D eigenvalue weighted by Crippen LogP contribution is -1.95. The fraction of sp³-hybridized carbons (Fsp3) is 0.133. The van der Waals surface area contributed by atoms with E-state index in [1.807, 2.05) is 5.38 Å². The predicted molar refractivity (Wildman–Crippen MR) is 77.7 cm³/mol. The second-order valence-electron chi connectivity index (χ2n) is 4.41. The summed E-state index contributed by atoms with van der Waals surface area (Å²) in [6.07, 6.45) is 0. The van der Waals surface area contributed by atoms with Crippen LogP contribution in [0, 0.1) is 6.92 Å². The number of fused-ring (bicyclic) bond motifs is 1. The minimum absolute atomic E-state index is 0.503. The zero-order chi connectivity index (χ0) is 12.5. The van der Waals surface area contributed by atoms with E-state index in [9.17, 15) is 0 Å². The molecule has 2 N–H and O–H groups in total. The first-order valence-electron chi connectivity index (χ1n) is 5.91. The number of rotatable bonds is 2. The van der Waals surface area contributed by atoms with Crippen LogP contribution in [0.3, 0.4) is 0 Å². The third-order valence-electron chi connectivity index (χ3n) is 3.00. The predicted octanol–water partition coefficient (Wildman–Crippen LogP) is 3.73. The molecule has 90 valence electrons. The van der Waals surface area contributed by atoms with Crippen LogP contribution in [0.25, 0.3) is 21.3 Å². The van der Waals surface area contributed by atoms with Gasteiger partial charge in [-0.15, -0.1) is 11.3 Å². The number of hydrogen-bond acceptors (Lipinski definition) is 3. The van der Waals surface area contributed by atoms with Crippen molar-refractivity contribution in [3.63, 3.8) is 0 Å². The fourth-order valence-corrected chi connectivity index (χ4v) is 2.86. The maximum absolute atomic E-state index is 5.59. The van der Waals surface area contributed by atoms with Crippen molar-refractivity contribution >= 4 is 22.1 Å². The standard InChI is InChI=1S/C15H14N2S/c1-10-2-3-12-7-13(5-4-11(12)6-10)15-17-14(8-16)9-18-15/h2-7,9H,8,16H2,1H3. The summed E-state index contributed by atoms with van der Waals surface area (Å²) in [7, 11) is 0. The molecular weight excluding hydrogens is 240 g/mol. The fourth-order valence-electron chi connectivity index (χ4n) is 2.03. The van der Waals surface area contributed by atoms with E-state index in [2.05, 4.69) is 48.3 Å². The molecule has 1 heterocycles. The Balaban J connectivity index is 2.10. The van der Waals surface area contributed by atoms with Crippen molar-refractivity contribution in [2.24, 2.45) is 5.73 Å². The molecule has 3 rings (SSSR count). The van der Waals surface area contributed by atoms with E-state index in [1.165, 1.54) is 16.3 Å². The second-order valence-corrected chi connectivity index (χ2v) is 5.27. The zero-order valence-corrected chi connectivity index (χ0v) is 11.0. The lowest BCUT2D eigenvalue weighted by molar-refractivity contribution is 1.01. The molecule has 0 aliphatic carbocycles. The Morgan fingerprint density at radius 1 is 1.11 bits per heavy atom. The molecule has 0 aliphatic rings. The highest BCUT2D eigenvalue weighted by atomic mass is 32.1. The van der Waals surface area contributed by atoms with Gasteiger partial charge in [0.15, 0.2) is 0 Å². The molecule has 0 fully saturated rings. The molecule has 0 spiro atoms. The van der Waals surface area contributed by atoms with E-state index in [0.717, 1.165) is 16.3 Å². The summed E-state index contributed by atoms with van der Waals surface area (Å²) in [5.74, 6) is 0. The van der Waals surface area contributed by atoms with Crippen molar-refractivity contribution in [2.45, 2.75) is 13.5 Å². The van der Waals surface area contributed by atoms with Crippen molar-refractivity contribution < 1.29 is 0 Å². The molecule has 1 aromatic heterocycles. The van der Waals surface area contributed by atoms with Crippen LogP contribution in [0.15, 0.2) is 41.8 Å². The summed E-state index contributed by atoms with van der Waals surface area (Å²) in [5, 5.41) is 5.59. The first-order chi connectivity index (χ1) is 8.76. The van der Waals surface area contributed by atoms with Gasteiger partial charge in [-0.3, -0.25) is 0 Å². The molecule has 0 saturated carbocycles. The van der Waals surface area contributed by atoms with Crippen LogP contribution in [0.5, 0.6) is 0 Å². The molecule has 0 amide bonds. The van der Waals surface area contributed by atoms with Gasteiger partial charge in [0.1, 0.15) is 5.01 Å². The third kappa shape index (κ3) is 2.03. The summed E-state index contributed by atoms with van der Waals surface area (Å²) in [4.78, 5) is 4.52. The third-order valence-corrected chi connectivity index (χ3v) is 3.94. The number of hydrogen-bond donors (Lipinski definition) is 1. The Morgan fingerprint density at radius 2 is 1.89 bits per heavy atom. The molecule has 2 nitrogen and oxygen atoms in total. The van der Waals surface area contributed by atoms with E-state index in [-0.39, 0.29) is 0 Å². The SMILES string of the molecule is Cc1ccc2cc(-c3nc(CN)cs3)ccc2c1. The monoisotopic (exact) mass is 254 g/mol. The van der Waals surface area contributed by atoms with Gasteiger partial charge in [-0.2, -0.15) is 0 Å². The molecule has 0 unspecified atom stereocenters. The van der Waals surface area contributed by atoms with Gasteiger partial charge in [0.2, 0.25) is 0 Å². The van der Waals surface area contributed by atoms with Gasteiger partial charge in [0.05, 0.1) is 5.69 Å². The van der Waals surface area contributed by atoms with E-state index < -0.39 is 0 Å². The summed E-state index contributed by atoms with van der Waals surface area (Å²) in [5.41, 5.74) is 9.00. The topological polar surface area (TPSA) is 38.9 Å². The highest BCUT2D eigenvalue weighted by Gasteiger charge is 2.04. The van der Waals surface area contributed by atoms with Crippen LogP contribution in [0.4, 0.5) is 0 Å². The summed E-state index contributed by atoms with van der Waals surface area (Å²) < 4.78 is 0. The molecule has 0 saturated heterocycles. The van der Waals surface area contributed by atoms with Gasteiger partial charge in [-0.25, -0.2) is 4.98 Å². The summed E-state index contributed by atoms with van der Waals surface area (Å²) >= 11 is 1.65. The lowest BCUT2D eigenvalue weighted by atomic mass is 10.1. The normalized spacial score (nSPS) is 11.0. The van der Waals surface area contributed by atoms with Crippen LogP contribution in [0.1, 0.15) is 11.3 Å². The van der Waals surface area contributed by atoms with E-state index in [1.54, 1.807) is 11.3 Å². The Labute approximate surface area is 110 Å². The van der Waals surface area contributed by atoms with Gasteiger partial charge in [-0.05, 0) is 23.8 Å². The van der Waals surface area contributed by atoms with Crippen molar-refractivity contribution in [1.29, 1.82) is 0 Å². The molecule has 18 heavy (non-hydrogen) atoms. The Morgan fingerprint density at radius 3 is 2.67 bits per heavy atom. The maximum atomic E-state index is 5.59. The second kappa shape index (κ2) is 4.52. The molecule has 3 aromatic rings. The molecule has 3 heteroatoms. The van der Waals surface area contributed by atoms with Crippen LogP contribution in [0.2, 0.25) is 0 Å². The van der Waals surface area contributed by atoms with Gasteiger partial charge < -0.3 is 5.73 Å². The van der Waals surface area contributed by atoms with Crippen LogP contribution < -0.4 is 5.73 Å². The maximum Gasteiger partial charge on any atom is 0.123 e. The minimum atomic E-state index is 0.503. The number of nitrogens with zero attached hydrogens (tertiary/aromatic N) is 1. The van der Waals surface area contributed by atoms with Crippen molar-refractivity contribution in [3.8, 4) is 10.6 Å². The van der Waals surface area contributed by atoms with Gasteiger partial charge in [0.25, 0.3) is 0 Å². The number of nitrogens with two attached hydrogens (primary N) is 1. The highest BCUT2D eigenvalue weighted by molar-refractivity contribution is 7.13. The molecule has 0 atom stereocenters. The van der Waals surface area contributed by atoms with E-state index in [0.29, 0.717) is 6.54 Å². The van der Waals surface area contributed by atoms with Crippen LogP contribution >= 0.6 is 11.3 Å². The van der Waals surface area contributed by atoms with Crippen molar-refractivity contribution in [2.75, 3.05) is 0 Å². The summed E-state index contributed by atoms with van der Waals surface area (Å²) in [6.45, 7) is 2.62. The number of thiazole rings is 1. The van der Waals surface area contributed by atoms with Crippen molar-refractivity contribution in [1.82, 2.24) is 4.98 Å². The zero-order valence-electron chi connectivity index (χ0n) is 10.2. The molecular formula is C15H14N2S. The van der Waals surface area contributed by atoms with Crippen LogP contribution in [-0.2, 0) is 6.54 Å². The first-order valence-corrected chi connectivity index (χ1v) is 6.79. The van der Waals surface area contributed by atoms with Gasteiger partial charge in [0, 0.05) is 17.5 Å². The molecule has 0 aliphatic heterocycles. The number of benzene rings is 2. The van der Waals surface area contributed by atoms with Gasteiger partial charge in [-0.1, -0.05) is 35.9 Å². The highest BCUT2D eigenvalue weighted by Crippen LogP contribution is 2.27. The molecule has 0 bridgehead atoms. The van der Waals surface area contributed by atoms with Gasteiger partial charge >= 0.3 is 0 Å². The first kappa shape index (κ1) is 11.4. The quantitative estimate of drug-likeness (QED) is 0.756. The smallest absolute Gasteiger partial charge is 0.123 e. The van der Waals surface area contributed by atoms with Crippen molar-refractivity contribution in [3.05, 3.63) is 53.0 Å².